The molecule has 1 rings (SSSR count). The Morgan fingerprint density at radius 3 is 2.46 bits per heavy atom. The van der Waals surface area contributed by atoms with Crippen molar-refractivity contribution in [2.75, 3.05) is 0 Å². The molecular formula is C10H13NO2. The number of rotatable bonds is 2. The Morgan fingerprint density at radius 1 is 1.38 bits per heavy atom. The third kappa shape index (κ3) is 1.69. The number of carbonyl (C=O) groups excluding carboxylic acids is 1. The lowest BCUT2D eigenvalue weighted by Gasteiger charge is -2.11. The molecule has 0 fully saturated rings. The van der Waals surface area contributed by atoms with Crippen molar-refractivity contribution in [3.8, 4) is 0 Å². The summed E-state index contributed by atoms with van der Waals surface area (Å²) < 4.78 is 1.52. The van der Waals surface area contributed by atoms with Crippen molar-refractivity contribution in [3.63, 3.8) is 0 Å². The van der Waals surface area contributed by atoms with E-state index in [-0.39, 0.29) is 11.1 Å². The van der Waals surface area contributed by atoms with Crippen LogP contribution in [0.1, 0.15) is 35.8 Å². The van der Waals surface area contributed by atoms with Crippen LogP contribution in [0.25, 0.3) is 0 Å². The zero-order valence-electron chi connectivity index (χ0n) is 8.07. The number of nitrogens with zero attached hydrogens (tertiary/aromatic N) is 1. The van der Waals surface area contributed by atoms with Crippen molar-refractivity contribution in [2.45, 2.75) is 19.8 Å². The lowest BCUT2D eigenvalue weighted by molar-refractivity contribution is 0.112. The smallest absolute Gasteiger partial charge is 0.261 e. The van der Waals surface area contributed by atoms with Crippen molar-refractivity contribution in [1.29, 1.82) is 0 Å². The van der Waals surface area contributed by atoms with Crippen LogP contribution in [0.4, 0.5) is 0 Å². The highest BCUT2D eigenvalue weighted by Gasteiger charge is 2.06. The molecule has 0 aliphatic heterocycles. The first kappa shape index (κ1) is 9.71. The van der Waals surface area contributed by atoms with Gasteiger partial charge >= 0.3 is 0 Å². The largest absolute Gasteiger partial charge is 0.315 e. The zero-order valence-corrected chi connectivity index (χ0v) is 8.07. The minimum atomic E-state index is -0.221. The Labute approximate surface area is 77.0 Å². The SMILES string of the molecule is CC(C)c1ccc(C=O)c(=O)n1C. The molecule has 0 aliphatic carbocycles. The third-order valence-corrected chi connectivity index (χ3v) is 2.09. The lowest BCUT2D eigenvalue weighted by Crippen LogP contribution is -2.23. The highest BCUT2D eigenvalue weighted by Crippen LogP contribution is 2.10. The lowest BCUT2D eigenvalue weighted by atomic mass is 10.1. The molecule has 1 heterocycles. The maximum absolute atomic E-state index is 11.5. The molecule has 0 saturated carbocycles. The second-order valence-corrected chi connectivity index (χ2v) is 3.35. The summed E-state index contributed by atoms with van der Waals surface area (Å²) in [5, 5.41) is 0. The molecular weight excluding hydrogens is 166 g/mol. The normalized spacial score (nSPS) is 10.5. The Morgan fingerprint density at radius 2 is 2.00 bits per heavy atom. The molecule has 3 heteroatoms. The van der Waals surface area contributed by atoms with E-state index in [1.54, 1.807) is 13.1 Å². The van der Waals surface area contributed by atoms with E-state index in [0.717, 1.165) is 5.69 Å². The van der Waals surface area contributed by atoms with Crippen LogP contribution < -0.4 is 5.56 Å². The molecule has 0 amide bonds. The van der Waals surface area contributed by atoms with Crippen molar-refractivity contribution < 1.29 is 4.79 Å². The molecule has 0 aromatic carbocycles. The van der Waals surface area contributed by atoms with Gasteiger partial charge in [-0.3, -0.25) is 9.59 Å². The minimum absolute atomic E-state index is 0.215. The average Bonchev–Trinajstić information content (AvgIpc) is 2.09. The summed E-state index contributed by atoms with van der Waals surface area (Å²) in [7, 11) is 1.69. The summed E-state index contributed by atoms with van der Waals surface area (Å²) in [5.41, 5.74) is 0.934. The molecule has 0 aliphatic rings. The quantitative estimate of drug-likeness (QED) is 0.642. The van der Waals surface area contributed by atoms with E-state index in [2.05, 4.69) is 0 Å². The Hall–Kier alpha value is -1.38. The molecule has 1 aromatic heterocycles. The topological polar surface area (TPSA) is 39.1 Å². The third-order valence-electron chi connectivity index (χ3n) is 2.09. The molecule has 0 radical (unpaired) electrons. The van der Waals surface area contributed by atoms with Crippen LogP contribution in [-0.4, -0.2) is 10.9 Å². The van der Waals surface area contributed by atoms with Gasteiger partial charge in [0.2, 0.25) is 0 Å². The van der Waals surface area contributed by atoms with E-state index in [4.69, 9.17) is 0 Å². The van der Waals surface area contributed by atoms with Crippen molar-refractivity contribution >= 4 is 6.29 Å². The Bertz CT molecular complexity index is 377. The second-order valence-electron chi connectivity index (χ2n) is 3.35. The fraction of sp³-hybridized carbons (Fsp3) is 0.400. The van der Waals surface area contributed by atoms with E-state index < -0.39 is 0 Å². The Kier molecular flexibility index (Phi) is 2.66. The van der Waals surface area contributed by atoms with Gasteiger partial charge in [0.25, 0.3) is 5.56 Å². The summed E-state index contributed by atoms with van der Waals surface area (Å²) in [6.45, 7) is 4.02. The predicted octanol–water partition coefficient (Wildman–Crippen LogP) is 1.32. The van der Waals surface area contributed by atoms with Gasteiger partial charge in [-0.25, -0.2) is 0 Å². The summed E-state index contributed by atoms with van der Waals surface area (Å²) >= 11 is 0. The number of aromatic nitrogens is 1. The van der Waals surface area contributed by atoms with Crippen molar-refractivity contribution in [3.05, 3.63) is 33.7 Å². The van der Waals surface area contributed by atoms with Gasteiger partial charge in [0.1, 0.15) is 0 Å². The minimum Gasteiger partial charge on any atom is -0.315 e. The zero-order chi connectivity index (χ0) is 10.0. The summed E-state index contributed by atoms with van der Waals surface area (Å²) in [6, 6.07) is 3.39. The van der Waals surface area contributed by atoms with Crippen LogP contribution in [0.5, 0.6) is 0 Å². The van der Waals surface area contributed by atoms with Crippen LogP contribution in [-0.2, 0) is 7.05 Å². The first-order valence-electron chi connectivity index (χ1n) is 4.23. The van der Waals surface area contributed by atoms with Gasteiger partial charge in [-0.05, 0) is 18.1 Å². The maximum atomic E-state index is 11.5. The molecule has 13 heavy (non-hydrogen) atoms. The van der Waals surface area contributed by atoms with Crippen LogP contribution in [0.15, 0.2) is 16.9 Å². The van der Waals surface area contributed by atoms with E-state index in [9.17, 15) is 9.59 Å². The number of pyridine rings is 1. The monoisotopic (exact) mass is 179 g/mol. The molecule has 0 atom stereocenters. The summed E-state index contributed by atoms with van der Waals surface area (Å²) in [4.78, 5) is 21.9. The highest BCUT2D eigenvalue weighted by molar-refractivity contribution is 5.73. The predicted molar refractivity (Wildman–Crippen MR) is 51.2 cm³/mol. The van der Waals surface area contributed by atoms with Gasteiger partial charge < -0.3 is 4.57 Å². The first-order chi connectivity index (χ1) is 6.07. The fourth-order valence-electron chi connectivity index (χ4n) is 1.34. The van der Waals surface area contributed by atoms with Crippen LogP contribution in [0.2, 0.25) is 0 Å². The number of hydrogen-bond donors (Lipinski definition) is 0. The fourth-order valence-corrected chi connectivity index (χ4v) is 1.34. The number of hydrogen-bond acceptors (Lipinski definition) is 2. The van der Waals surface area contributed by atoms with E-state index in [1.165, 1.54) is 4.57 Å². The maximum Gasteiger partial charge on any atom is 0.261 e. The molecule has 0 bridgehead atoms. The van der Waals surface area contributed by atoms with Crippen LogP contribution >= 0.6 is 0 Å². The summed E-state index contributed by atoms with van der Waals surface area (Å²) in [5.74, 6) is 0.290. The molecule has 0 spiro atoms. The molecule has 0 N–H and O–H groups in total. The van der Waals surface area contributed by atoms with Crippen LogP contribution in [0, 0.1) is 0 Å². The second kappa shape index (κ2) is 3.56. The van der Waals surface area contributed by atoms with E-state index >= 15 is 0 Å². The van der Waals surface area contributed by atoms with E-state index in [0.29, 0.717) is 12.2 Å². The van der Waals surface area contributed by atoms with Gasteiger partial charge in [0.15, 0.2) is 6.29 Å². The molecule has 0 unspecified atom stereocenters. The van der Waals surface area contributed by atoms with Gasteiger partial charge in [-0.15, -0.1) is 0 Å². The van der Waals surface area contributed by atoms with Crippen molar-refractivity contribution in [2.24, 2.45) is 7.05 Å². The standard InChI is InChI=1S/C10H13NO2/c1-7(2)9-5-4-8(6-12)10(13)11(9)3/h4-7H,1-3H3. The first-order valence-corrected chi connectivity index (χ1v) is 4.23. The van der Waals surface area contributed by atoms with Gasteiger partial charge in [0.05, 0.1) is 5.56 Å². The molecule has 3 nitrogen and oxygen atoms in total. The molecule has 1 aromatic rings. The van der Waals surface area contributed by atoms with Crippen molar-refractivity contribution in [1.82, 2.24) is 4.57 Å². The number of aldehydes is 1. The molecule has 70 valence electrons. The van der Waals surface area contributed by atoms with Crippen LogP contribution in [0.3, 0.4) is 0 Å². The molecule has 0 saturated heterocycles. The number of carbonyl (C=O) groups is 1. The Balaban J connectivity index is 3.40. The van der Waals surface area contributed by atoms with Gasteiger partial charge in [-0.1, -0.05) is 13.8 Å². The van der Waals surface area contributed by atoms with E-state index in [1.807, 2.05) is 19.9 Å². The highest BCUT2D eigenvalue weighted by atomic mass is 16.1. The van der Waals surface area contributed by atoms with Gasteiger partial charge in [0, 0.05) is 12.7 Å². The summed E-state index contributed by atoms with van der Waals surface area (Å²) in [6.07, 6.45) is 0.590. The van der Waals surface area contributed by atoms with Gasteiger partial charge in [-0.2, -0.15) is 0 Å². The average molecular weight is 179 g/mol.